The van der Waals surface area contributed by atoms with E-state index in [1.54, 1.807) is 12.5 Å². The summed E-state index contributed by atoms with van der Waals surface area (Å²) < 4.78 is 17.7. The van der Waals surface area contributed by atoms with E-state index in [1.807, 2.05) is 0 Å². The third kappa shape index (κ3) is 5.38. The summed E-state index contributed by atoms with van der Waals surface area (Å²) in [6, 6.07) is 0. The van der Waals surface area contributed by atoms with Crippen molar-refractivity contribution < 1.29 is 48.7 Å². The van der Waals surface area contributed by atoms with Crippen LogP contribution in [0.3, 0.4) is 0 Å². The minimum Gasteiger partial charge on any atom is -0.466 e. The van der Waals surface area contributed by atoms with E-state index in [0.717, 1.165) is 0 Å². The second-order valence-corrected chi connectivity index (χ2v) is 3.73. The van der Waals surface area contributed by atoms with Crippen molar-refractivity contribution in [3.05, 3.63) is 12.5 Å². The van der Waals surface area contributed by atoms with Crippen molar-refractivity contribution in [2.45, 2.75) is 18.3 Å². The molecule has 0 aromatic rings. The van der Waals surface area contributed by atoms with Gasteiger partial charge in [-0.2, -0.15) is 0 Å². The van der Waals surface area contributed by atoms with Crippen LogP contribution in [-0.2, 0) is 33.3 Å². The molecule has 0 bridgehead atoms. The average Bonchev–Trinajstić information content (AvgIpc) is 3.34. The minimum atomic E-state index is -1.64. The summed E-state index contributed by atoms with van der Waals surface area (Å²) in [6.45, 7) is -2.60. The molecule has 1 fully saturated rings. The summed E-state index contributed by atoms with van der Waals surface area (Å²) in [6.07, 6.45) is -1.68. The summed E-state index contributed by atoms with van der Waals surface area (Å²) in [7, 11) is 0. The van der Waals surface area contributed by atoms with Gasteiger partial charge in [0.2, 0.25) is 18.3 Å². The van der Waals surface area contributed by atoms with Gasteiger partial charge in [0.25, 0.3) is 0 Å². The third-order valence-electron chi connectivity index (χ3n) is 2.20. The molecule has 0 spiro atoms. The molecule has 0 aromatic carbocycles. The van der Waals surface area contributed by atoms with Crippen molar-refractivity contribution >= 4 is 17.9 Å². The van der Waals surface area contributed by atoms with Gasteiger partial charge in [-0.15, -0.1) is 0 Å². The molecule has 3 N–H and O–H groups in total. The lowest BCUT2D eigenvalue weighted by Gasteiger charge is -2.14. The lowest BCUT2D eigenvalue weighted by Crippen LogP contribution is -2.37. The van der Waals surface area contributed by atoms with E-state index in [1.165, 1.54) is 0 Å². The molecule has 21 heavy (non-hydrogen) atoms. The maximum absolute atomic E-state index is 11.4. The van der Waals surface area contributed by atoms with Gasteiger partial charge >= 0.3 is 17.9 Å². The summed E-state index contributed by atoms with van der Waals surface area (Å²) in [4.78, 5) is 34.1. The zero-order valence-electron chi connectivity index (χ0n) is 10.7. The molecule has 118 valence electrons. The van der Waals surface area contributed by atoms with Crippen molar-refractivity contribution in [3.63, 3.8) is 0 Å². The van der Waals surface area contributed by atoms with Crippen LogP contribution in [0.25, 0.3) is 0 Å². The van der Waals surface area contributed by atoms with E-state index >= 15 is 0 Å². The molecule has 3 atom stereocenters. The highest BCUT2D eigenvalue weighted by molar-refractivity contribution is 5.87. The number of hydrogen-bond donors (Lipinski definition) is 3. The number of hydrogen-bond acceptors (Lipinski definition) is 10. The van der Waals surface area contributed by atoms with Crippen molar-refractivity contribution in [1.82, 2.24) is 0 Å². The molecule has 2 heterocycles. The second-order valence-electron chi connectivity index (χ2n) is 3.73. The fraction of sp³-hybridized carbons (Fsp3) is 0.545. The Balaban J connectivity index is 0.000000647. The molecule has 0 radical (unpaired) electrons. The standard InChI is InChI=1S/C9H12O9.C2H2O/c10-1-4-7(13)17-6(3-12)9(15)18-5(2-11)8(14)16-4;1-2-3-1/h4-6,10-12H,1-3H2;1-2H. The molecule has 0 aromatic heterocycles. The number of aliphatic hydroxyl groups excluding tert-OH is 3. The molecule has 0 aliphatic carbocycles. The van der Waals surface area contributed by atoms with Gasteiger partial charge in [-0.25, -0.2) is 14.4 Å². The summed E-state index contributed by atoms with van der Waals surface area (Å²) >= 11 is 0. The fourth-order valence-corrected chi connectivity index (χ4v) is 1.13. The van der Waals surface area contributed by atoms with E-state index < -0.39 is 56.0 Å². The predicted molar refractivity (Wildman–Crippen MR) is 61.1 cm³/mol. The highest BCUT2D eigenvalue weighted by atomic mass is 16.7. The third-order valence-corrected chi connectivity index (χ3v) is 2.20. The number of carbonyl (C=O) groups is 3. The molecule has 3 unspecified atom stereocenters. The van der Waals surface area contributed by atoms with Gasteiger partial charge in [-0.05, 0) is 0 Å². The van der Waals surface area contributed by atoms with Crippen LogP contribution in [0.1, 0.15) is 0 Å². The zero-order valence-corrected chi connectivity index (χ0v) is 10.7. The Morgan fingerprint density at radius 2 is 0.952 bits per heavy atom. The first-order chi connectivity index (χ1) is 10.0. The van der Waals surface area contributed by atoms with E-state index in [2.05, 4.69) is 18.9 Å². The molecule has 10 heteroatoms. The number of carbonyl (C=O) groups excluding carboxylic acids is 3. The quantitative estimate of drug-likeness (QED) is 0.368. The predicted octanol–water partition coefficient (Wildman–Crippen LogP) is -2.80. The second kappa shape index (κ2) is 8.19. The summed E-state index contributed by atoms with van der Waals surface area (Å²) in [5, 5.41) is 26.5. The van der Waals surface area contributed by atoms with Crippen LogP contribution in [0.15, 0.2) is 12.5 Å². The molecule has 0 amide bonds. The molecule has 2 rings (SSSR count). The SMILES string of the molecule is C1=CO1.O=C1OC(CO)C(=O)OC(CO)C(=O)OC1CO. The topological polar surface area (TPSA) is 152 Å². The van der Waals surface area contributed by atoms with Crippen LogP contribution >= 0.6 is 0 Å². The van der Waals surface area contributed by atoms with E-state index in [0.29, 0.717) is 0 Å². The van der Waals surface area contributed by atoms with Crippen LogP contribution in [-0.4, -0.2) is 71.4 Å². The number of aliphatic hydroxyl groups is 3. The Hall–Kier alpha value is -2.17. The maximum Gasteiger partial charge on any atom is 0.350 e. The van der Waals surface area contributed by atoms with Crippen LogP contribution in [0.2, 0.25) is 0 Å². The molecule has 0 saturated carbocycles. The van der Waals surface area contributed by atoms with Gasteiger partial charge in [0.15, 0.2) is 0 Å². The molecule has 2 aliphatic heterocycles. The molecular formula is C11H14O10. The Morgan fingerprint density at radius 1 is 0.714 bits per heavy atom. The lowest BCUT2D eigenvalue weighted by molar-refractivity contribution is -0.175. The van der Waals surface area contributed by atoms with Crippen LogP contribution in [0.5, 0.6) is 0 Å². The Bertz CT molecular complexity index is 361. The number of cyclic esters (lactones) is 3. The first-order valence-electron chi connectivity index (χ1n) is 5.78. The van der Waals surface area contributed by atoms with Crippen molar-refractivity contribution in [3.8, 4) is 0 Å². The van der Waals surface area contributed by atoms with Gasteiger partial charge in [-0.3, -0.25) is 0 Å². The van der Waals surface area contributed by atoms with Crippen molar-refractivity contribution in [1.29, 1.82) is 0 Å². The van der Waals surface area contributed by atoms with E-state index in [-0.39, 0.29) is 0 Å². The Morgan fingerprint density at radius 3 is 1.10 bits per heavy atom. The van der Waals surface area contributed by atoms with Crippen LogP contribution in [0, 0.1) is 0 Å². The van der Waals surface area contributed by atoms with Gasteiger partial charge in [0.1, 0.15) is 12.5 Å². The van der Waals surface area contributed by atoms with Crippen molar-refractivity contribution in [2.24, 2.45) is 0 Å². The Labute approximate surface area is 118 Å². The molecular weight excluding hydrogens is 292 g/mol. The van der Waals surface area contributed by atoms with Gasteiger partial charge in [0.05, 0.1) is 19.8 Å². The van der Waals surface area contributed by atoms with Gasteiger partial charge in [0, 0.05) is 0 Å². The molecule has 10 nitrogen and oxygen atoms in total. The highest BCUT2D eigenvalue weighted by Gasteiger charge is 2.37. The smallest absolute Gasteiger partial charge is 0.350 e. The largest absolute Gasteiger partial charge is 0.466 e. The van der Waals surface area contributed by atoms with Crippen LogP contribution in [0.4, 0.5) is 0 Å². The maximum atomic E-state index is 11.4. The Kier molecular flexibility index (Phi) is 6.59. The highest BCUT2D eigenvalue weighted by Crippen LogP contribution is 2.09. The first-order valence-corrected chi connectivity index (χ1v) is 5.78. The molecule has 2 aliphatic rings. The number of rotatable bonds is 3. The van der Waals surface area contributed by atoms with Crippen molar-refractivity contribution in [2.75, 3.05) is 19.8 Å². The minimum absolute atomic E-state index is 0.866. The lowest BCUT2D eigenvalue weighted by atomic mass is 10.3. The van der Waals surface area contributed by atoms with E-state index in [4.69, 9.17) is 15.3 Å². The summed E-state index contributed by atoms with van der Waals surface area (Å²) in [5.41, 5.74) is 0. The zero-order chi connectivity index (χ0) is 15.8. The average molecular weight is 306 g/mol. The monoisotopic (exact) mass is 306 g/mol. The number of ether oxygens (including phenoxy) is 4. The van der Waals surface area contributed by atoms with E-state index in [9.17, 15) is 14.4 Å². The molecule has 1 saturated heterocycles. The fourth-order valence-electron chi connectivity index (χ4n) is 1.13. The van der Waals surface area contributed by atoms with Gasteiger partial charge < -0.3 is 34.3 Å². The van der Waals surface area contributed by atoms with Gasteiger partial charge in [-0.1, -0.05) is 0 Å². The number of esters is 3. The summed E-state index contributed by atoms with van der Waals surface area (Å²) in [5.74, 6) is -3.58. The first kappa shape index (κ1) is 16.9. The van der Waals surface area contributed by atoms with Crippen LogP contribution < -0.4 is 0 Å². The normalized spacial score (nSPS) is 27.6.